The third kappa shape index (κ3) is 5.19. The summed E-state index contributed by atoms with van der Waals surface area (Å²) in [4.78, 5) is 60.8. The Bertz CT molecular complexity index is 1340. The van der Waals surface area contributed by atoms with E-state index in [-0.39, 0.29) is 23.5 Å². The van der Waals surface area contributed by atoms with Crippen molar-refractivity contribution in [2.24, 2.45) is 0 Å². The van der Waals surface area contributed by atoms with E-state index >= 15 is 0 Å². The zero-order chi connectivity index (χ0) is 26.0. The molecule has 0 unspecified atom stereocenters. The number of ketones is 1. The summed E-state index contributed by atoms with van der Waals surface area (Å²) < 4.78 is 23.3. The molecule has 36 heavy (non-hydrogen) atoms. The van der Waals surface area contributed by atoms with Crippen molar-refractivity contribution < 1.29 is 38.1 Å². The Morgan fingerprint density at radius 1 is 1.00 bits per heavy atom. The summed E-state index contributed by atoms with van der Waals surface area (Å²) in [5.41, 5.74) is 0.701. The van der Waals surface area contributed by atoms with Gasteiger partial charge in [-0.25, -0.2) is 15.0 Å². The number of hydrogen-bond donors (Lipinski definition) is 0. The minimum absolute atomic E-state index is 0.0241. The molecular weight excluding hydrogens is 496 g/mol. The molecular formula is C23H21ClN4O8. The molecule has 0 radical (unpaired) electrons. The van der Waals surface area contributed by atoms with Gasteiger partial charge in [0.25, 0.3) is 0 Å². The second kappa shape index (κ2) is 10.4. The molecule has 4 rings (SSSR count). The number of fused-ring (bicyclic) bond motifs is 1. The maximum Gasteiger partial charge on any atom is 0.303 e. The van der Waals surface area contributed by atoms with Gasteiger partial charge in [0.05, 0.1) is 6.33 Å². The maximum absolute atomic E-state index is 13.1. The highest BCUT2D eigenvalue weighted by molar-refractivity contribution is 6.31. The third-order valence-corrected chi connectivity index (χ3v) is 5.51. The van der Waals surface area contributed by atoms with Crippen LogP contribution in [-0.4, -0.2) is 68.1 Å². The van der Waals surface area contributed by atoms with Crippen LogP contribution in [0.3, 0.4) is 0 Å². The second-order valence-corrected chi connectivity index (χ2v) is 8.34. The molecule has 4 atom stereocenters. The topological polar surface area (TPSA) is 149 Å². The quantitative estimate of drug-likeness (QED) is 0.258. The Morgan fingerprint density at radius 3 is 2.39 bits per heavy atom. The van der Waals surface area contributed by atoms with Gasteiger partial charge < -0.3 is 18.9 Å². The van der Waals surface area contributed by atoms with Crippen LogP contribution in [-0.2, 0) is 33.3 Å². The number of halogens is 1. The van der Waals surface area contributed by atoms with Crippen molar-refractivity contribution in [3.05, 3.63) is 53.2 Å². The molecule has 1 aliphatic rings. The van der Waals surface area contributed by atoms with Gasteiger partial charge in [-0.1, -0.05) is 23.7 Å². The van der Waals surface area contributed by atoms with Crippen molar-refractivity contribution in [3.8, 4) is 0 Å². The van der Waals surface area contributed by atoms with Gasteiger partial charge in [-0.05, 0) is 12.1 Å². The molecule has 3 heterocycles. The molecule has 1 fully saturated rings. The lowest BCUT2D eigenvalue weighted by Crippen LogP contribution is -2.40. The molecule has 13 heteroatoms. The molecule has 1 aromatic carbocycles. The first-order valence-electron chi connectivity index (χ1n) is 10.8. The summed E-state index contributed by atoms with van der Waals surface area (Å²) in [7, 11) is 0. The van der Waals surface area contributed by atoms with Crippen molar-refractivity contribution in [3.63, 3.8) is 0 Å². The van der Waals surface area contributed by atoms with E-state index in [1.54, 1.807) is 18.2 Å². The molecule has 0 spiro atoms. The molecule has 2 aromatic heterocycles. The van der Waals surface area contributed by atoms with Crippen LogP contribution < -0.4 is 0 Å². The highest BCUT2D eigenvalue weighted by Gasteiger charge is 2.51. The van der Waals surface area contributed by atoms with Gasteiger partial charge >= 0.3 is 17.9 Å². The van der Waals surface area contributed by atoms with E-state index in [9.17, 15) is 19.2 Å². The van der Waals surface area contributed by atoms with Crippen molar-refractivity contribution in [1.82, 2.24) is 19.5 Å². The van der Waals surface area contributed by atoms with Crippen LogP contribution in [0.15, 0.2) is 36.9 Å². The molecule has 0 amide bonds. The number of rotatable bonds is 7. The largest absolute Gasteiger partial charge is 0.463 e. The van der Waals surface area contributed by atoms with Crippen molar-refractivity contribution in [2.75, 3.05) is 6.61 Å². The second-order valence-electron chi connectivity index (χ2n) is 7.90. The van der Waals surface area contributed by atoms with E-state index in [0.29, 0.717) is 10.6 Å². The summed E-state index contributed by atoms with van der Waals surface area (Å²) in [6.45, 7) is 3.34. The van der Waals surface area contributed by atoms with E-state index < -0.39 is 48.2 Å². The lowest BCUT2D eigenvalue weighted by atomic mass is 10.1. The van der Waals surface area contributed by atoms with Crippen molar-refractivity contribution in [1.29, 1.82) is 0 Å². The van der Waals surface area contributed by atoms with Gasteiger partial charge in [-0.15, -0.1) is 0 Å². The number of aromatic nitrogens is 4. The molecule has 0 aliphatic carbocycles. The Balaban J connectivity index is 1.75. The average molecular weight is 517 g/mol. The molecule has 1 saturated heterocycles. The van der Waals surface area contributed by atoms with E-state index in [1.165, 1.54) is 44.1 Å². The van der Waals surface area contributed by atoms with Crippen LogP contribution in [0.4, 0.5) is 0 Å². The fraction of sp³-hybridized carbons (Fsp3) is 0.348. The monoisotopic (exact) mass is 516 g/mol. The molecule has 3 aromatic rings. The molecule has 0 N–H and O–H groups in total. The summed E-state index contributed by atoms with van der Waals surface area (Å²) in [6, 6.07) is 6.39. The first-order valence-corrected chi connectivity index (χ1v) is 11.1. The SMILES string of the molecule is CC(=O)OC[C@H]1O[C@@H](n2cnc3c(C(=O)c4cccc(Cl)c4)ncnc32)[C@H](OC(C)=O)[C@@H]1OC(C)=O. The van der Waals surface area contributed by atoms with E-state index in [1.807, 2.05) is 0 Å². The zero-order valence-electron chi connectivity index (χ0n) is 19.4. The summed E-state index contributed by atoms with van der Waals surface area (Å²) >= 11 is 6.02. The number of imidazole rings is 1. The van der Waals surface area contributed by atoms with Gasteiger partial charge in [0.1, 0.15) is 30.2 Å². The van der Waals surface area contributed by atoms with Gasteiger partial charge in [-0.3, -0.25) is 23.7 Å². The molecule has 0 bridgehead atoms. The number of nitrogens with zero attached hydrogens (tertiary/aromatic N) is 4. The Labute approximate surface area is 209 Å². The van der Waals surface area contributed by atoms with Crippen LogP contribution in [0.2, 0.25) is 5.02 Å². The van der Waals surface area contributed by atoms with Crippen molar-refractivity contribution >= 4 is 46.5 Å². The number of benzene rings is 1. The van der Waals surface area contributed by atoms with E-state index in [4.69, 9.17) is 30.5 Å². The summed E-state index contributed by atoms with van der Waals surface area (Å²) in [5, 5.41) is 0.385. The highest BCUT2D eigenvalue weighted by Crippen LogP contribution is 2.36. The van der Waals surface area contributed by atoms with Crippen LogP contribution in [0.1, 0.15) is 43.1 Å². The average Bonchev–Trinajstić information content (AvgIpc) is 3.38. The Kier molecular flexibility index (Phi) is 7.27. The number of carbonyl (C=O) groups excluding carboxylic acids is 4. The minimum Gasteiger partial charge on any atom is -0.463 e. The number of esters is 3. The van der Waals surface area contributed by atoms with Crippen molar-refractivity contribution in [2.45, 2.75) is 45.3 Å². The molecule has 12 nitrogen and oxygen atoms in total. The summed E-state index contributed by atoms with van der Waals surface area (Å²) in [5.74, 6) is -2.31. The minimum atomic E-state index is -1.13. The molecule has 1 aliphatic heterocycles. The van der Waals surface area contributed by atoms with Gasteiger partial charge in [0.15, 0.2) is 24.1 Å². The highest BCUT2D eigenvalue weighted by atomic mass is 35.5. The third-order valence-electron chi connectivity index (χ3n) is 5.28. The van der Waals surface area contributed by atoms with Gasteiger partial charge in [-0.2, -0.15) is 0 Å². The summed E-state index contributed by atoms with van der Waals surface area (Å²) in [6.07, 6.45) is -1.73. The molecule has 188 valence electrons. The van der Waals surface area contributed by atoms with Gasteiger partial charge in [0.2, 0.25) is 5.78 Å². The molecule has 0 saturated carbocycles. The van der Waals surface area contributed by atoms with Crippen LogP contribution in [0.25, 0.3) is 11.2 Å². The predicted octanol–water partition coefficient (Wildman–Crippen LogP) is 2.03. The van der Waals surface area contributed by atoms with Crippen LogP contribution >= 0.6 is 11.6 Å². The first-order chi connectivity index (χ1) is 17.2. The number of carbonyl (C=O) groups is 4. The maximum atomic E-state index is 13.1. The number of hydrogen-bond acceptors (Lipinski definition) is 11. The Morgan fingerprint density at radius 2 is 1.72 bits per heavy atom. The fourth-order valence-electron chi connectivity index (χ4n) is 3.89. The zero-order valence-corrected chi connectivity index (χ0v) is 20.2. The lowest BCUT2D eigenvalue weighted by Gasteiger charge is -2.23. The van der Waals surface area contributed by atoms with Gasteiger partial charge in [0, 0.05) is 31.4 Å². The standard InChI is InChI=1S/C23H21ClN4O8/c1-11(29)33-8-16-20(34-12(2)30)21(35-13(3)31)23(36-16)28-10-27-18-17(25-9-26-22(18)28)19(32)14-5-4-6-15(24)7-14/h4-7,9-10,16,20-21,23H,8H2,1-3H3/t16-,20-,21-,23-/m1/s1. The number of ether oxygens (including phenoxy) is 4. The van der Waals surface area contributed by atoms with E-state index in [0.717, 1.165) is 0 Å². The predicted molar refractivity (Wildman–Crippen MR) is 122 cm³/mol. The van der Waals surface area contributed by atoms with E-state index in [2.05, 4.69) is 15.0 Å². The smallest absolute Gasteiger partial charge is 0.303 e. The van der Waals surface area contributed by atoms with Crippen LogP contribution in [0, 0.1) is 0 Å². The van der Waals surface area contributed by atoms with Crippen LogP contribution in [0.5, 0.6) is 0 Å². The Hall–Kier alpha value is -3.90. The normalized spacial score (nSPS) is 21.2. The lowest BCUT2D eigenvalue weighted by molar-refractivity contribution is -0.166. The first kappa shape index (κ1) is 25.2. The fourth-order valence-corrected chi connectivity index (χ4v) is 4.08.